The largest absolute Gasteiger partial charge is 0.379 e. The van der Waals surface area contributed by atoms with Crippen LogP contribution in [0.4, 0.5) is 5.69 Å². The van der Waals surface area contributed by atoms with E-state index in [-0.39, 0.29) is 5.91 Å². The first-order valence-corrected chi connectivity index (χ1v) is 13.8. The van der Waals surface area contributed by atoms with Crippen LogP contribution < -0.4 is 10.6 Å². The highest BCUT2D eigenvalue weighted by molar-refractivity contribution is 5.94. The summed E-state index contributed by atoms with van der Waals surface area (Å²) >= 11 is 0. The van der Waals surface area contributed by atoms with Gasteiger partial charge in [-0.1, -0.05) is 43.9 Å². The van der Waals surface area contributed by atoms with Gasteiger partial charge in [-0.25, -0.2) is 0 Å². The van der Waals surface area contributed by atoms with E-state index in [1.54, 1.807) is 12.4 Å². The van der Waals surface area contributed by atoms with Crippen molar-refractivity contribution in [3.8, 4) is 6.19 Å². The van der Waals surface area contributed by atoms with Crippen LogP contribution >= 0.6 is 0 Å². The number of aliphatic imine (C=N–C) groups is 1. The number of hydrogen-bond donors (Lipinski definition) is 2. The number of aromatic nitrogens is 1. The molecule has 204 valence electrons. The zero-order chi connectivity index (χ0) is 26.7. The number of ether oxygens (including phenoxy) is 1. The van der Waals surface area contributed by atoms with Gasteiger partial charge in [-0.15, -0.1) is 4.99 Å². The van der Waals surface area contributed by atoms with Crippen LogP contribution in [0.25, 0.3) is 0 Å². The van der Waals surface area contributed by atoms with E-state index in [0.717, 1.165) is 109 Å². The van der Waals surface area contributed by atoms with Crippen LogP contribution in [-0.4, -0.2) is 79.1 Å². The summed E-state index contributed by atoms with van der Waals surface area (Å²) in [5.74, 6) is 0.587. The van der Waals surface area contributed by atoms with Gasteiger partial charge < -0.3 is 20.3 Å². The van der Waals surface area contributed by atoms with Crippen molar-refractivity contribution in [2.24, 2.45) is 4.99 Å². The molecular formula is C29H41N7O2. The topological polar surface area (TPSA) is 106 Å². The summed E-state index contributed by atoms with van der Waals surface area (Å²) in [4.78, 5) is 25.4. The number of carbonyl (C=O) groups is 1. The summed E-state index contributed by atoms with van der Waals surface area (Å²) in [6.07, 6.45) is 12.7. The number of hydrogen-bond acceptors (Lipinski definition) is 6. The number of anilines is 1. The van der Waals surface area contributed by atoms with E-state index in [2.05, 4.69) is 25.5 Å². The maximum absolute atomic E-state index is 13.1. The molecular weight excluding hydrogens is 478 g/mol. The van der Waals surface area contributed by atoms with Gasteiger partial charge in [0.25, 0.3) is 5.91 Å². The summed E-state index contributed by atoms with van der Waals surface area (Å²) in [7, 11) is 0. The Balaban J connectivity index is 1.30. The fourth-order valence-electron chi connectivity index (χ4n) is 4.46. The number of nitrogens with one attached hydrogen (secondary N) is 2. The molecule has 0 radical (unpaired) electrons. The highest BCUT2D eigenvalue weighted by atomic mass is 16.5. The zero-order valence-electron chi connectivity index (χ0n) is 22.4. The number of nitrogens with zero attached hydrogens (tertiary/aromatic N) is 5. The molecule has 1 aromatic heterocycles. The second kappa shape index (κ2) is 17.9. The molecule has 0 unspecified atom stereocenters. The van der Waals surface area contributed by atoms with Crippen molar-refractivity contribution in [2.75, 3.05) is 57.8 Å². The van der Waals surface area contributed by atoms with Gasteiger partial charge in [-0.3, -0.25) is 14.7 Å². The molecule has 9 nitrogen and oxygen atoms in total. The van der Waals surface area contributed by atoms with Gasteiger partial charge in [0.05, 0.1) is 13.2 Å². The summed E-state index contributed by atoms with van der Waals surface area (Å²) in [5, 5.41) is 15.2. The number of carbonyl (C=O) groups excluding carboxylic acids is 1. The summed E-state index contributed by atoms with van der Waals surface area (Å²) in [6, 6.07) is 13.3. The van der Waals surface area contributed by atoms with Crippen molar-refractivity contribution < 1.29 is 9.53 Å². The van der Waals surface area contributed by atoms with Crippen molar-refractivity contribution in [3.63, 3.8) is 0 Å². The van der Waals surface area contributed by atoms with E-state index in [4.69, 9.17) is 10.00 Å². The number of rotatable bonds is 15. The third kappa shape index (κ3) is 11.3. The lowest BCUT2D eigenvalue weighted by Gasteiger charge is -2.28. The Bertz CT molecular complexity index is 989. The molecule has 1 fully saturated rings. The van der Waals surface area contributed by atoms with Gasteiger partial charge in [-0.05, 0) is 43.5 Å². The minimum absolute atomic E-state index is 0.133. The molecule has 1 amide bonds. The molecule has 2 aromatic rings. The molecule has 3 rings (SSSR count). The van der Waals surface area contributed by atoms with Gasteiger partial charge >= 0.3 is 0 Å². The number of pyridine rings is 1. The molecule has 0 atom stereocenters. The standard InChI is InChI=1S/C29H41N7O2/c30-25-33-29(34-27-13-16-31-17-14-27)32-15-8-3-1-2-4-9-19-36(28(37)26-11-6-5-7-12-26)20-10-18-35-21-23-38-24-22-35/h5-7,11-14,16-17H,1-4,8-10,15,18-24H2,(H2,31,32,33,34). The van der Waals surface area contributed by atoms with Crippen LogP contribution in [0, 0.1) is 11.5 Å². The van der Waals surface area contributed by atoms with Gasteiger partial charge in [0.2, 0.25) is 12.2 Å². The Morgan fingerprint density at radius 2 is 1.66 bits per heavy atom. The Labute approximate surface area is 226 Å². The number of morpholine rings is 1. The normalized spacial score (nSPS) is 14.0. The highest BCUT2D eigenvalue weighted by Gasteiger charge is 2.16. The molecule has 1 aliphatic rings. The van der Waals surface area contributed by atoms with Crippen molar-refractivity contribution in [3.05, 3.63) is 60.4 Å². The lowest BCUT2D eigenvalue weighted by atomic mass is 10.1. The van der Waals surface area contributed by atoms with Gasteiger partial charge in [0, 0.05) is 62.9 Å². The summed E-state index contributed by atoms with van der Waals surface area (Å²) < 4.78 is 5.44. The number of benzene rings is 1. The SMILES string of the molecule is N#C/N=C(\NCCCCCCCCN(CCCN1CCOCC1)C(=O)c1ccccc1)Nc1ccncc1. The molecule has 0 spiro atoms. The third-order valence-electron chi connectivity index (χ3n) is 6.57. The molecule has 9 heteroatoms. The predicted molar refractivity (Wildman–Crippen MR) is 151 cm³/mol. The van der Waals surface area contributed by atoms with Crippen LogP contribution in [0.15, 0.2) is 59.9 Å². The molecule has 0 bridgehead atoms. The third-order valence-corrected chi connectivity index (χ3v) is 6.57. The average molecular weight is 520 g/mol. The fraction of sp³-hybridized carbons (Fsp3) is 0.517. The molecule has 0 aliphatic carbocycles. The molecule has 38 heavy (non-hydrogen) atoms. The Morgan fingerprint density at radius 3 is 2.39 bits per heavy atom. The molecule has 2 N–H and O–H groups in total. The van der Waals surface area contributed by atoms with E-state index in [1.807, 2.05) is 53.6 Å². The Morgan fingerprint density at radius 1 is 0.974 bits per heavy atom. The van der Waals surface area contributed by atoms with Crippen molar-refractivity contribution in [1.82, 2.24) is 20.1 Å². The second-order valence-electron chi connectivity index (χ2n) is 9.44. The van der Waals surface area contributed by atoms with E-state index in [9.17, 15) is 4.79 Å². The highest BCUT2D eigenvalue weighted by Crippen LogP contribution is 2.11. The Hall–Kier alpha value is -3.48. The zero-order valence-corrected chi connectivity index (χ0v) is 22.4. The van der Waals surface area contributed by atoms with Gasteiger partial charge in [0.1, 0.15) is 0 Å². The minimum atomic E-state index is 0.133. The number of nitriles is 1. The van der Waals surface area contributed by atoms with Crippen LogP contribution in [0.1, 0.15) is 55.3 Å². The molecule has 2 heterocycles. The average Bonchev–Trinajstić information content (AvgIpc) is 2.96. The molecule has 0 saturated carbocycles. The van der Waals surface area contributed by atoms with Gasteiger partial charge in [-0.2, -0.15) is 5.26 Å². The smallest absolute Gasteiger partial charge is 0.253 e. The van der Waals surface area contributed by atoms with E-state index < -0.39 is 0 Å². The van der Waals surface area contributed by atoms with Crippen molar-refractivity contribution in [2.45, 2.75) is 44.9 Å². The van der Waals surface area contributed by atoms with Crippen molar-refractivity contribution >= 4 is 17.6 Å². The van der Waals surface area contributed by atoms with Crippen molar-refractivity contribution in [1.29, 1.82) is 5.26 Å². The second-order valence-corrected chi connectivity index (χ2v) is 9.44. The van der Waals surface area contributed by atoms with Crippen LogP contribution in [0.3, 0.4) is 0 Å². The molecule has 1 saturated heterocycles. The van der Waals surface area contributed by atoms with Gasteiger partial charge in [0.15, 0.2) is 0 Å². The predicted octanol–water partition coefficient (Wildman–Crippen LogP) is 4.13. The number of amides is 1. The first kappa shape index (κ1) is 29.1. The number of unbranched alkanes of at least 4 members (excludes halogenated alkanes) is 5. The lowest BCUT2D eigenvalue weighted by Crippen LogP contribution is -2.39. The Kier molecular flexibility index (Phi) is 13.7. The van der Waals surface area contributed by atoms with Crippen LogP contribution in [0.5, 0.6) is 0 Å². The lowest BCUT2D eigenvalue weighted by molar-refractivity contribution is 0.0357. The van der Waals surface area contributed by atoms with E-state index in [0.29, 0.717) is 5.96 Å². The first-order valence-electron chi connectivity index (χ1n) is 13.8. The minimum Gasteiger partial charge on any atom is -0.379 e. The maximum Gasteiger partial charge on any atom is 0.253 e. The quantitative estimate of drug-likeness (QED) is 0.158. The maximum atomic E-state index is 13.1. The molecule has 1 aliphatic heterocycles. The monoisotopic (exact) mass is 519 g/mol. The summed E-state index contributed by atoms with van der Waals surface area (Å²) in [5.41, 5.74) is 1.60. The molecule has 1 aromatic carbocycles. The van der Waals surface area contributed by atoms with E-state index >= 15 is 0 Å². The first-order chi connectivity index (χ1) is 18.8. The fourth-order valence-corrected chi connectivity index (χ4v) is 4.46. The van der Waals surface area contributed by atoms with Crippen LogP contribution in [0.2, 0.25) is 0 Å². The van der Waals surface area contributed by atoms with Crippen LogP contribution in [-0.2, 0) is 4.74 Å². The summed E-state index contributed by atoms with van der Waals surface area (Å²) in [6.45, 7) is 6.92. The van der Waals surface area contributed by atoms with E-state index in [1.165, 1.54) is 0 Å². The number of guanidine groups is 1.